The van der Waals surface area contributed by atoms with Gasteiger partial charge in [0.25, 0.3) is 14.4 Å². The van der Waals surface area contributed by atoms with Crippen molar-refractivity contribution in [2.24, 2.45) is 11.8 Å². The molecule has 1 saturated carbocycles. The molecule has 1 aliphatic carbocycles. The lowest BCUT2D eigenvalue weighted by Gasteiger charge is -2.35. The Kier molecular flexibility index (Phi) is 10.3. The van der Waals surface area contributed by atoms with E-state index in [1.165, 1.54) is 0 Å². The Morgan fingerprint density at radius 2 is 1.97 bits per heavy atom. The second kappa shape index (κ2) is 13.0. The quantitative estimate of drug-likeness (QED) is 0.283. The number of hydrogen-bond acceptors (Lipinski definition) is 6. The molecule has 1 aromatic carbocycles. The lowest BCUT2D eigenvalue weighted by molar-refractivity contribution is -0.0980. The number of benzene rings is 1. The maximum Gasteiger partial charge on any atom is 0.259 e. The highest BCUT2D eigenvalue weighted by Gasteiger charge is 2.63. The summed E-state index contributed by atoms with van der Waals surface area (Å²) in [4.78, 5) is 12.6. The van der Waals surface area contributed by atoms with Gasteiger partial charge in [0.05, 0.1) is 30.8 Å². The fourth-order valence-electron chi connectivity index (χ4n) is 5.40. The third kappa shape index (κ3) is 6.17. The van der Waals surface area contributed by atoms with Crippen LogP contribution in [-0.2, 0) is 13.8 Å². The predicted octanol–water partition coefficient (Wildman–Crippen LogP) is 5.28. The van der Waals surface area contributed by atoms with Crippen LogP contribution in [0.1, 0.15) is 70.2 Å². The lowest BCUT2D eigenvalue weighted by atomic mass is 9.91. The molecular weight excluding hydrogens is 449 g/mol. The second-order valence-corrected chi connectivity index (χ2v) is 10.9. The zero-order valence-corrected chi connectivity index (χ0v) is 21.9. The summed E-state index contributed by atoms with van der Waals surface area (Å²) < 4.78 is 21.9. The van der Waals surface area contributed by atoms with Crippen LogP contribution in [0.4, 0.5) is 0 Å². The van der Waals surface area contributed by atoms with E-state index in [0.29, 0.717) is 31.1 Å². The van der Waals surface area contributed by atoms with Crippen LogP contribution in [0, 0.1) is 23.2 Å². The van der Waals surface area contributed by atoms with Crippen LogP contribution in [0.3, 0.4) is 0 Å². The SMILES string of the molecule is CCCN(CCC)P(OCCC#N)O[C@H]1[C@@H]2[C@H](C)C[C@]1(CC)O[C@H]2CNC(=O)c1ccccc1. The van der Waals surface area contributed by atoms with Gasteiger partial charge in [-0.3, -0.25) is 4.79 Å². The topological polar surface area (TPSA) is 83.8 Å². The van der Waals surface area contributed by atoms with Crippen LogP contribution in [0.15, 0.2) is 30.3 Å². The van der Waals surface area contributed by atoms with Crippen molar-refractivity contribution in [1.29, 1.82) is 5.26 Å². The summed E-state index contributed by atoms with van der Waals surface area (Å²) in [6.07, 6.45) is 3.99. The minimum Gasteiger partial charge on any atom is -0.367 e. The van der Waals surface area contributed by atoms with Crippen molar-refractivity contribution in [3.63, 3.8) is 0 Å². The molecule has 7 nitrogen and oxygen atoms in total. The van der Waals surface area contributed by atoms with E-state index in [0.717, 1.165) is 38.8 Å². The maximum absolute atomic E-state index is 12.6. The van der Waals surface area contributed by atoms with E-state index >= 15 is 0 Å². The van der Waals surface area contributed by atoms with Crippen molar-refractivity contribution in [2.45, 2.75) is 77.6 Å². The predicted molar refractivity (Wildman–Crippen MR) is 134 cm³/mol. The van der Waals surface area contributed by atoms with Crippen molar-refractivity contribution >= 4 is 14.4 Å². The zero-order chi connectivity index (χ0) is 24.6. The molecular formula is C26H40N3O4P. The highest BCUT2D eigenvalue weighted by Crippen LogP contribution is 2.59. The van der Waals surface area contributed by atoms with Crippen LogP contribution in [0.5, 0.6) is 0 Å². The first-order valence-corrected chi connectivity index (χ1v) is 13.8. The molecule has 2 bridgehead atoms. The molecule has 0 radical (unpaired) electrons. The smallest absolute Gasteiger partial charge is 0.259 e. The highest BCUT2D eigenvalue weighted by molar-refractivity contribution is 7.44. The van der Waals surface area contributed by atoms with Gasteiger partial charge in [0.1, 0.15) is 6.10 Å². The summed E-state index contributed by atoms with van der Waals surface area (Å²) in [6.45, 7) is 11.4. The standard InChI is InChI=1S/C26H40N3O4P/c1-5-15-29(16-6-2)34(31-17-11-14-27)33-24-23-20(4)18-26(24,7-3)32-22(23)19-28-25(30)21-12-9-8-10-13-21/h8-10,12-13,20,22-24H,5-7,11,15-19H2,1-4H3,(H,28,30)/t20-,22+,23-,24+,26+,34?/m1/s1. The number of ether oxygens (including phenoxy) is 1. The lowest BCUT2D eigenvalue weighted by Crippen LogP contribution is -2.41. The fourth-order valence-corrected chi connectivity index (χ4v) is 7.26. The number of hydrogen-bond donors (Lipinski definition) is 1. The van der Waals surface area contributed by atoms with Gasteiger partial charge in [-0.15, -0.1) is 0 Å². The molecule has 0 spiro atoms. The second-order valence-electron chi connectivity index (χ2n) is 9.37. The number of carbonyl (C=O) groups excluding carboxylic acids is 1. The van der Waals surface area contributed by atoms with Crippen LogP contribution in [0.25, 0.3) is 0 Å². The Morgan fingerprint density at radius 1 is 1.26 bits per heavy atom. The first-order valence-electron chi connectivity index (χ1n) is 12.7. The highest BCUT2D eigenvalue weighted by atomic mass is 31.2. The van der Waals surface area contributed by atoms with Gasteiger partial charge in [0.2, 0.25) is 0 Å². The molecule has 1 amide bonds. The van der Waals surface area contributed by atoms with Crippen molar-refractivity contribution in [3.8, 4) is 6.07 Å². The van der Waals surface area contributed by atoms with Gasteiger partial charge in [-0.2, -0.15) is 5.26 Å². The summed E-state index contributed by atoms with van der Waals surface area (Å²) in [5.74, 6) is 0.534. The number of nitrogens with zero attached hydrogens (tertiary/aromatic N) is 2. The first kappa shape index (κ1) is 27.0. The molecule has 2 aliphatic rings. The van der Waals surface area contributed by atoms with Gasteiger partial charge in [-0.05, 0) is 43.7 Å². The third-order valence-electron chi connectivity index (χ3n) is 6.92. The van der Waals surface area contributed by atoms with Crippen molar-refractivity contribution in [3.05, 3.63) is 35.9 Å². The third-order valence-corrected chi connectivity index (χ3v) is 8.59. The van der Waals surface area contributed by atoms with Crippen LogP contribution in [-0.4, -0.2) is 54.6 Å². The van der Waals surface area contributed by atoms with Crippen molar-refractivity contribution in [1.82, 2.24) is 9.99 Å². The van der Waals surface area contributed by atoms with E-state index in [2.05, 4.69) is 43.8 Å². The molecule has 1 aliphatic heterocycles. The van der Waals surface area contributed by atoms with E-state index in [-0.39, 0.29) is 29.6 Å². The molecule has 1 aromatic rings. The van der Waals surface area contributed by atoms with Gasteiger partial charge < -0.3 is 19.1 Å². The molecule has 6 atom stereocenters. The zero-order valence-electron chi connectivity index (χ0n) is 21.0. The summed E-state index contributed by atoms with van der Waals surface area (Å²) in [5.41, 5.74) is 0.288. The van der Waals surface area contributed by atoms with E-state index in [1.807, 2.05) is 30.3 Å². The van der Waals surface area contributed by atoms with Crippen LogP contribution in [0.2, 0.25) is 0 Å². The Bertz CT molecular complexity index is 814. The van der Waals surface area contributed by atoms with Crippen molar-refractivity contribution in [2.75, 3.05) is 26.2 Å². The molecule has 8 heteroatoms. The van der Waals surface area contributed by atoms with Gasteiger partial charge in [-0.25, -0.2) is 4.67 Å². The average molecular weight is 490 g/mol. The molecule has 1 unspecified atom stereocenters. The largest absolute Gasteiger partial charge is 0.367 e. The number of nitriles is 1. The summed E-state index contributed by atoms with van der Waals surface area (Å²) in [7, 11) is -1.29. The number of amides is 1. The van der Waals surface area contributed by atoms with Crippen molar-refractivity contribution < 1.29 is 18.6 Å². The molecule has 1 heterocycles. The Balaban J connectivity index is 1.74. The molecule has 2 fully saturated rings. The summed E-state index contributed by atoms with van der Waals surface area (Å²) in [6, 6.07) is 11.5. The average Bonchev–Trinajstić information content (AvgIpc) is 3.30. The molecule has 1 N–H and O–H groups in total. The number of fused-ring (bicyclic) bond motifs is 2. The number of rotatable bonds is 14. The molecule has 34 heavy (non-hydrogen) atoms. The van der Waals surface area contributed by atoms with E-state index in [9.17, 15) is 4.79 Å². The minimum absolute atomic E-state index is 0.0817. The number of carbonyl (C=O) groups is 1. The molecule has 1 saturated heterocycles. The maximum atomic E-state index is 12.6. The monoisotopic (exact) mass is 489 g/mol. The molecule has 188 valence electrons. The fraction of sp³-hybridized carbons (Fsp3) is 0.692. The van der Waals surface area contributed by atoms with E-state index < -0.39 is 8.53 Å². The van der Waals surface area contributed by atoms with E-state index in [4.69, 9.17) is 19.0 Å². The molecule has 0 aromatic heterocycles. The first-order chi connectivity index (χ1) is 16.5. The summed E-state index contributed by atoms with van der Waals surface area (Å²) >= 11 is 0. The Morgan fingerprint density at radius 3 is 2.59 bits per heavy atom. The Hall–Kier alpha value is -1.55. The van der Waals surface area contributed by atoms with Crippen LogP contribution < -0.4 is 5.32 Å². The van der Waals surface area contributed by atoms with Crippen LogP contribution >= 0.6 is 8.53 Å². The van der Waals surface area contributed by atoms with E-state index in [1.54, 1.807) is 0 Å². The summed E-state index contributed by atoms with van der Waals surface area (Å²) in [5, 5.41) is 12.1. The van der Waals surface area contributed by atoms with Gasteiger partial charge in [-0.1, -0.05) is 45.9 Å². The van der Waals surface area contributed by atoms with Gasteiger partial charge in [0, 0.05) is 31.1 Å². The van der Waals surface area contributed by atoms with Gasteiger partial charge in [0.15, 0.2) is 0 Å². The minimum atomic E-state index is -1.29. The molecule has 3 rings (SSSR count). The Labute approximate surface area is 206 Å². The normalized spacial score (nSPS) is 28.7. The van der Waals surface area contributed by atoms with Gasteiger partial charge >= 0.3 is 0 Å². The number of nitrogens with one attached hydrogen (secondary N) is 1.